The van der Waals surface area contributed by atoms with Crippen LogP contribution in [0, 0.1) is 39.9 Å². The lowest BCUT2D eigenvalue weighted by Crippen LogP contribution is -2.62. The highest BCUT2D eigenvalue weighted by molar-refractivity contribution is 6.01. The molecule has 0 bridgehead atoms. The summed E-state index contributed by atoms with van der Waals surface area (Å²) in [6, 6.07) is 12.2. The van der Waals surface area contributed by atoms with Crippen molar-refractivity contribution >= 4 is 132 Å². The molecule has 4 aromatic carbocycles. The van der Waals surface area contributed by atoms with E-state index in [4.69, 9.17) is 44.9 Å². The van der Waals surface area contributed by atoms with Gasteiger partial charge < -0.3 is 128 Å². The quantitative estimate of drug-likeness (QED) is 0.0147. The van der Waals surface area contributed by atoms with Gasteiger partial charge in [0.15, 0.2) is 17.9 Å². The Kier molecular flexibility index (Phi) is 38.7. The average Bonchev–Trinajstić information content (AvgIpc) is 1.72. The molecule has 698 valence electrons. The second-order valence-electron chi connectivity index (χ2n) is 33.9. The Labute approximate surface area is 749 Å². The fourth-order valence-corrected chi connectivity index (χ4v) is 15.3. The van der Waals surface area contributed by atoms with Gasteiger partial charge in [0.05, 0.1) is 6.04 Å². The number of carbonyl (C=O) groups excluding carboxylic acids is 11. The molecule has 8 rings (SSSR count). The lowest BCUT2D eigenvalue weighted by molar-refractivity contribution is -0.144. The van der Waals surface area contributed by atoms with Crippen LogP contribution in [0.5, 0.6) is 0 Å². The molecular formula is C90H130N26O13. The maximum Gasteiger partial charge on any atom is 0.326 e. The van der Waals surface area contributed by atoms with E-state index >= 15 is 33.6 Å². The number of para-hydroxylation sites is 4. The smallest absolute Gasteiger partial charge is 0.326 e. The summed E-state index contributed by atoms with van der Waals surface area (Å²) >= 11 is 0. The van der Waals surface area contributed by atoms with Gasteiger partial charge in [0, 0.05) is 114 Å². The zero-order valence-electron chi connectivity index (χ0n) is 74.5. The Morgan fingerprint density at radius 1 is 0.349 bits per heavy atom. The summed E-state index contributed by atoms with van der Waals surface area (Å²) in [5.74, 6) is -13.6. The van der Waals surface area contributed by atoms with Gasteiger partial charge in [0.25, 0.3) is 0 Å². The fourth-order valence-electron chi connectivity index (χ4n) is 15.3. The molecule has 0 saturated heterocycles. The first-order chi connectivity index (χ1) is 61.5. The number of rotatable bonds is 53. The summed E-state index contributed by atoms with van der Waals surface area (Å²) in [4.78, 5) is 191. The predicted octanol–water partition coefficient (Wildman–Crippen LogP) is 1.95. The summed E-state index contributed by atoms with van der Waals surface area (Å²) in [7, 11) is 0. The van der Waals surface area contributed by atoms with Gasteiger partial charge in [-0.2, -0.15) is 0 Å². The van der Waals surface area contributed by atoms with Crippen molar-refractivity contribution in [2.75, 3.05) is 26.2 Å². The number of carboxylic acids is 1. The summed E-state index contributed by atoms with van der Waals surface area (Å²) in [6.07, 6.45) is 8.03. The van der Waals surface area contributed by atoms with E-state index < -0.39 is 161 Å². The molecule has 0 aliphatic heterocycles. The standard InChI is InChI=1S/C90H130N26O13/c1-9-51(8)75(87(128)129)116-82(123)68(39-48(2)3)109-78(119)67(34-22-38-101-90(97)98)108-80(121)69(40-52-44-102-61-28-14-10-23-56(52)61)112-85(126)73(49(4)5)115-84(125)72(43-55-47-105-64-31-17-13-26-59(55)64)111-81(122)70(41-53-45-103-62-29-15-11-24-57(53)62)113-86(127)74(50(6)7)114-83(124)71(42-54-46-104-63-30-16-12-25-58(54)63)110-79(120)66(33-21-37-100-89(95)96)107-77(118)65(32-20-36-99-88(93)94)106-76(117)60(92)27-18-19-35-91/h10-17,23-26,28-31,44-51,60,65-75,102-105H,9,18-22,27,32-43,91-92H2,1-8H3,(H,106,117)(H,107,118)(H,108,121)(H,109,119)(H,110,120)(H,111,122)(H,112,126)(H,113,127)(H,114,124)(H,115,125)(H,116,123)(H,128,129)(H4,93,94,99)(H4,95,96,100)(H4,97,98,101)/t51-,60-,65-,66-,67-,68-,69-,70-,71-,72-,73-,74-,75-/m0/s1. The summed E-state index contributed by atoms with van der Waals surface area (Å²) in [5, 5.41) is 75.2. The first-order valence-corrected chi connectivity index (χ1v) is 44.0. The topological polar surface area (TPSA) is 658 Å². The van der Waals surface area contributed by atoms with Crippen molar-refractivity contribution in [2.24, 2.45) is 52.3 Å². The molecule has 39 nitrogen and oxygen atoms in total. The van der Waals surface area contributed by atoms with Crippen molar-refractivity contribution in [1.29, 1.82) is 16.2 Å². The van der Waals surface area contributed by atoms with Crippen LogP contribution in [-0.4, -0.2) is 213 Å². The Hall–Kier alpha value is -13.6. The highest BCUT2D eigenvalue weighted by atomic mass is 16.4. The number of carboxylic acid groups (broad SMARTS) is 1. The monoisotopic (exact) mass is 1780 g/mol. The lowest BCUT2D eigenvalue weighted by Gasteiger charge is -2.30. The van der Waals surface area contributed by atoms with E-state index in [1.54, 1.807) is 90.6 Å². The summed E-state index contributed by atoms with van der Waals surface area (Å²) in [6.45, 7) is 14.4. The molecule has 4 heterocycles. The van der Waals surface area contributed by atoms with E-state index in [0.29, 0.717) is 91.7 Å². The van der Waals surface area contributed by atoms with Gasteiger partial charge in [-0.1, -0.05) is 141 Å². The Balaban J connectivity index is 1.11. The number of guanidine groups is 3. The van der Waals surface area contributed by atoms with Crippen LogP contribution in [0.25, 0.3) is 43.6 Å². The molecule has 39 heteroatoms. The SMILES string of the molecule is CC[C@H](C)[C@H](NC(=O)[C@H](CC(C)C)NC(=O)[C@H](CCCNC(=N)N)NC(=O)[C@H](Cc1c[nH]c2ccccc12)NC(=O)[C@@H](NC(=O)[C@H](Cc1c[nH]c2ccccc12)NC(=O)[C@H](Cc1c[nH]c2ccccc12)NC(=O)[C@@H](NC(=O)[C@H](Cc1c[nH]c2ccccc12)NC(=O)[C@H](CCCNC(=N)N)NC(=O)[C@H](CCCNC(=N)N)NC(=O)[C@@H](N)CCCCN)C(C)C)C(C)C)C(=O)O. The number of aromatic amines is 4. The van der Waals surface area contributed by atoms with Gasteiger partial charge in [-0.15, -0.1) is 0 Å². The molecule has 0 radical (unpaired) electrons. The second-order valence-corrected chi connectivity index (χ2v) is 33.9. The number of nitrogens with two attached hydrogens (primary N) is 5. The molecular weight excluding hydrogens is 1650 g/mol. The van der Waals surface area contributed by atoms with Crippen molar-refractivity contribution in [3.8, 4) is 0 Å². The van der Waals surface area contributed by atoms with E-state index in [9.17, 15) is 29.1 Å². The molecule has 32 N–H and O–H groups in total. The number of hydrogen-bond donors (Lipinski definition) is 27. The third-order valence-electron chi connectivity index (χ3n) is 22.7. The van der Waals surface area contributed by atoms with E-state index in [1.807, 2.05) is 86.6 Å². The van der Waals surface area contributed by atoms with Gasteiger partial charge >= 0.3 is 5.97 Å². The van der Waals surface area contributed by atoms with Crippen LogP contribution in [0.3, 0.4) is 0 Å². The number of fused-ring (bicyclic) bond motifs is 4. The van der Waals surface area contributed by atoms with Crippen LogP contribution < -0.4 is 103 Å². The molecule has 0 aliphatic rings. The normalized spacial score (nSPS) is 14.5. The van der Waals surface area contributed by atoms with Crippen LogP contribution in [0.2, 0.25) is 0 Å². The van der Waals surface area contributed by atoms with Crippen LogP contribution >= 0.6 is 0 Å². The van der Waals surface area contributed by atoms with Crippen molar-refractivity contribution < 1.29 is 62.6 Å². The number of benzene rings is 4. The molecule has 8 aromatic rings. The molecule has 0 saturated carbocycles. The Morgan fingerprint density at radius 2 is 0.620 bits per heavy atom. The molecule has 11 amide bonds. The van der Waals surface area contributed by atoms with E-state index in [0.717, 1.165) is 0 Å². The zero-order valence-corrected chi connectivity index (χ0v) is 74.5. The number of aromatic nitrogens is 4. The number of aliphatic carboxylic acids is 1. The molecule has 0 unspecified atom stereocenters. The third kappa shape index (κ3) is 30.3. The van der Waals surface area contributed by atoms with Crippen LogP contribution in [0.1, 0.15) is 148 Å². The van der Waals surface area contributed by atoms with Crippen LogP contribution in [-0.2, 0) is 83.2 Å². The number of hydrogen-bond acceptors (Lipinski definition) is 17. The molecule has 129 heavy (non-hydrogen) atoms. The first-order valence-electron chi connectivity index (χ1n) is 44.0. The Bertz CT molecular complexity index is 5120. The predicted molar refractivity (Wildman–Crippen MR) is 494 cm³/mol. The minimum atomic E-state index is -1.55. The Morgan fingerprint density at radius 3 is 0.915 bits per heavy atom. The second kappa shape index (κ2) is 49.5. The van der Waals surface area contributed by atoms with Crippen molar-refractivity contribution in [3.63, 3.8) is 0 Å². The highest BCUT2D eigenvalue weighted by Gasteiger charge is 2.40. The van der Waals surface area contributed by atoms with Gasteiger partial charge in [-0.05, 0) is 135 Å². The van der Waals surface area contributed by atoms with Crippen LogP contribution in [0.15, 0.2) is 122 Å². The largest absolute Gasteiger partial charge is 0.480 e. The number of nitrogens with one attached hydrogen (secondary N) is 21. The van der Waals surface area contributed by atoms with Gasteiger partial charge in [0.2, 0.25) is 65.0 Å². The van der Waals surface area contributed by atoms with Crippen molar-refractivity contribution in [1.82, 2.24) is 94.4 Å². The number of amides is 11. The minimum absolute atomic E-state index is 0.00456. The summed E-state index contributed by atoms with van der Waals surface area (Å²) < 4.78 is 0. The maximum atomic E-state index is 15.8. The van der Waals surface area contributed by atoms with Gasteiger partial charge in [-0.25, -0.2) is 4.79 Å². The van der Waals surface area contributed by atoms with Crippen molar-refractivity contribution in [3.05, 3.63) is 144 Å². The van der Waals surface area contributed by atoms with Crippen molar-refractivity contribution in [2.45, 2.75) is 224 Å². The van der Waals surface area contributed by atoms with E-state index in [1.165, 1.54) is 0 Å². The fraction of sp³-hybridized carbons (Fsp3) is 0.478. The molecule has 13 atom stereocenters. The maximum absolute atomic E-state index is 15.8. The molecule has 0 fully saturated rings. The van der Waals surface area contributed by atoms with Crippen LogP contribution in [0.4, 0.5) is 0 Å². The van der Waals surface area contributed by atoms with Gasteiger partial charge in [0.1, 0.15) is 66.5 Å². The first kappa shape index (κ1) is 101. The number of H-pyrrole nitrogens is 4. The van der Waals surface area contributed by atoms with E-state index in [-0.39, 0.29) is 120 Å². The summed E-state index contributed by atoms with van der Waals surface area (Å²) in [5.41, 5.74) is 33.8. The molecule has 4 aromatic heterocycles. The third-order valence-corrected chi connectivity index (χ3v) is 22.7. The lowest BCUT2D eigenvalue weighted by atomic mass is 9.97. The molecule has 0 aliphatic carbocycles. The number of carbonyl (C=O) groups is 12. The van der Waals surface area contributed by atoms with E-state index in [2.05, 4.69) is 94.4 Å². The zero-order chi connectivity index (χ0) is 94.1. The van der Waals surface area contributed by atoms with Gasteiger partial charge in [-0.3, -0.25) is 69.0 Å². The average molecular weight is 1780 g/mol. The minimum Gasteiger partial charge on any atom is -0.480 e. The number of unbranched alkanes of at least 4 members (excludes halogenated alkanes) is 1. The molecule has 0 spiro atoms. The highest BCUT2D eigenvalue weighted by Crippen LogP contribution is 2.26.